The maximum absolute atomic E-state index is 11.5. The Labute approximate surface area is 103 Å². The lowest BCUT2D eigenvalue weighted by atomic mass is 10.2. The minimum absolute atomic E-state index is 0.0308. The number of carbonyl (C=O) groups is 1. The van der Waals surface area contributed by atoms with Gasteiger partial charge in [-0.3, -0.25) is 4.79 Å². The highest BCUT2D eigenvalue weighted by Gasteiger charge is 2.09. The first kappa shape index (κ1) is 15.7. The summed E-state index contributed by atoms with van der Waals surface area (Å²) in [5.74, 6) is 0.280. The molecule has 0 radical (unpaired) electrons. The number of amides is 1. The van der Waals surface area contributed by atoms with E-state index in [0.29, 0.717) is 13.0 Å². The molecule has 0 aromatic rings. The fourth-order valence-electron chi connectivity index (χ4n) is 1.29. The van der Waals surface area contributed by atoms with E-state index in [2.05, 4.69) is 15.8 Å². The van der Waals surface area contributed by atoms with Crippen LogP contribution >= 0.6 is 0 Å². The van der Waals surface area contributed by atoms with E-state index >= 15 is 0 Å². The quantitative estimate of drug-likeness (QED) is 0.155. The van der Waals surface area contributed by atoms with Crippen LogP contribution in [0.4, 0.5) is 0 Å². The number of hydrogen-bond donors (Lipinski definition) is 4. The van der Waals surface area contributed by atoms with Gasteiger partial charge in [-0.15, -0.1) is 0 Å². The van der Waals surface area contributed by atoms with E-state index < -0.39 is 0 Å². The lowest BCUT2D eigenvalue weighted by Crippen LogP contribution is -2.42. The van der Waals surface area contributed by atoms with Crippen molar-refractivity contribution in [2.75, 3.05) is 13.1 Å². The molecule has 0 aliphatic carbocycles. The number of hydrogen-bond acceptors (Lipinski definition) is 4. The molecule has 6 nitrogen and oxygen atoms in total. The standard InChI is InChI=1S/C11H24N4O2/c1-3-7-14-11(16)9(2)13-8-5-4-6-10(12)15-17/h9,13,17H,3-8H2,1-2H3,(H2,12,15)(H,14,16). The number of carbonyl (C=O) groups excluding carboxylic acids is 1. The predicted octanol–water partition coefficient (Wildman–Crippen LogP) is 0.407. The summed E-state index contributed by atoms with van der Waals surface area (Å²) in [5, 5.41) is 17.2. The molecule has 0 heterocycles. The lowest BCUT2D eigenvalue weighted by molar-refractivity contribution is -0.122. The number of amidine groups is 1. The molecule has 6 heteroatoms. The number of nitrogens with two attached hydrogens (primary N) is 1. The van der Waals surface area contributed by atoms with Gasteiger partial charge in [-0.25, -0.2) is 0 Å². The summed E-state index contributed by atoms with van der Waals surface area (Å²) < 4.78 is 0. The van der Waals surface area contributed by atoms with Crippen molar-refractivity contribution >= 4 is 11.7 Å². The highest BCUT2D eigenvalue weighted by molar-refractivity contribution is 5.81. The Hall–Kier alpha value is -1.30. The van der Waals surface area contributed by atoms with Gasteiger partial charge in [-0.05, 0) is 32.7 Å². The highest BCUT2D eigenvalue weighted by atomic mass is 16.4. The SMILES string of the molecule is CCCNC(=O)C(C)NCCCCC(N)=NO. The first-order valence-corrected chi connectivity index (χ1v) is 6.09. The van der Waals surface area contributed by atoms with Crippen LogP contribution in [0.25, 0.3) is 0 Å². The van der Waals surface area contributed by atoms with Gasteiger partial charge in [-0.2, -0.15) is 0 Å². The zero-order valence-electron chi connectivity index (χ0n) is 10.7. The first-order valence-electron chi connectivity index (χ1n) is 6.09. The second kappa shape index (κ2) is 9.89. The van der Waals surface area contributed by atoms with Gasteiger partial charge in [0.05, 0.1) is 6.04 Å². The molecule has 0 fully saturated rings. The van der Waals surface area contributed by atoms with E-state index in [0.717, 1.165) is 25.8 Å². The van der Waals surface area contributed by atoms with Crippen molar-refractivity contribution in [3.8, 4) is 0 Å². The Morgan fingerprint density at radius 3 is 2.71 bits per heavy atom. The van der Waals surface area contributed by atoms with Crippen LogP contribution < -0.4 is 16.4 Å². The summed E-state index contributed by atoms with van der Waals surface area (Å²) in [5.41, 5.74) is 5.33. The van der Waals surface area contributed by atoms with Crippen LogP contribution in [0.3, 0.4) is 0 Å². The van der Waals surface area contributed by atoms with Crippen LogP contribution in [-0.2, 0) is 4.79 Å². The maximum atomic E-state index is 11.5. The minimum atomic E-state index is -0.176. The Kier molecular flexibility index (Phi) is 9.14. The van der Waals surface area contributed by atoms with E-state index in [1.807, 2.05) is 13.8 Å². The molecule has 0 saturated heterocycles. The van der Waals surface area contributed by atoms with E-state index in [9.17, 15) is 4.79 Å². The van der Waals surface area contributed by atoms with Gasteiger partial charge in [0.25, 0.3) is 0 Å². The van der Waals surface area contributed by atoms with Crippen molar-refractivity contribution < 1.29 is 10.0 Å². The Balaban J connectivity index is 3.50. The summed E-state index contributed by atoms with van der Waals surface area (Å²) in [7, 11) is 0. The molecule has 100 valence electrons. The highest BCUT2D eigenvalue weighted by Crippen LogP contribution is 1.94. The monoisotopic (exact) mass is 244 g/mol. The zero-order chi connectivity index (χ0) is 13.1. The van der Waals surface area contributed by atoms with Crippen LogP contribution in [-0.4, -0.2) is 36.1 Å². The molecule has 17 heavy (non-hydrogen) atoms. The Bertz CT molecular complexity index is 244. The van der Waals surface area contributed by atoms with Crippen LogP contribution in [0.2, 0.25) is 0 Å². The average Bonchev–Trinajstić information content (AvgIpc) is 2.34. The fraction of sp³-hybridized carbons (Fsp3) is 0.818. The third-order valence-corrected chi connectivity index (χ3v) is 2.38. The smallest absolute Gasteiger partial charge is 0.236 e. The van der Waals surface area contributed by atoms with Gasteiger partial charge in [0.1, 0.15) is 5.84 Å². The first-order chi connectivity index (χ1) is 8.11. The van der Waals surface area contributed by atoms with Gasteiger partial charge in [0.15, 0.2) is 0 Å². The second-order valence-electron chi connectivity index (χ2n) is 4.02. The number of oxime groups is 1. The topological polar surface area (TPSA) is 99.7 Å². The van der Waals surface area contributed by atoms with E-state index in [1.54, 1.807) is 0 Å². The minimum Gasteiger partial charge on any atom is -0.409 e. The van der Waals surface area contributed by atoms with Crippen LogP contribution in [0, 0.1) is 0 Å². The molecule has 0 rings (SSSR count). The van der Waals surface area contributed by atoms with Gasteiger partial charge in [-0.1, -0.05) is 12.1 Å². The molecule has 0 aliphatic rings. The van der Waals surface area contributed by atoms with Crippen molar-refractivity contribution in [2.24, 2.45) is 10.9 Å². The lowest BCUT2D eigenvalue weighted by Gasteiger charge is -2.13. The third-order valence-electron chi connectivity index (χ3n) is 2.38. The molecular weight excluding hydrogens is 220 g/mol. The summed E-state index contributed by atoms with van der Waals surface area (Å²) in [4.78, 5) is 11.5. The van der Waals surface area contributed by atoms with Crippen molar-refractivity contribution in [2.45, 2.75) is 45.6 Å². The van der Waals surface area contributed by atoms with Gasteiger partial charge >= 0.3 is 0 Å². The largest absolute Gasteiger partial charge is 0.409 e. The van der Waals surface area contributed by atoms with Crippen LogP contribution in [0.1, 0.15) is 39.5 Å². The van der Waals surface area contributed by atoms with E-state index in [4.69, 9.17) is 10.9 Å². The molecule has 1 unspecified atom stereocenters. The molecular formula is C11H24N4O2. The summed E-state index contributed by atoms with van der Waals surface area (Å²) in [6, 6.07) is -0.176. The van der Waals surface area contributed by atoms with Crippen LogP contribution in [0.5, 0.6) is 0 Å². The zero-order valence-corrected chi connectivity index (χ0v) is 10.7. The molecule has 0 aromatic carbocycles. The normalized spacial score (nSPS) is 13.4. The van der Waals surface area contributed by atoms with E-state index in [-0.39, 0.29) is 17.8 Å². The van der Waals surface area contributed by atoms with Gasteiger partial charge < -0.3 is 21.6 Å². The molecule has 0 saturated carbocycles. The summed E-state index contributed by atoms with van der Waals surface area (Å²) in [6.45, 7) is 5.33. The maximum Gasteiger partial charge on any atom is 0.236 e. The summed E-state index contributed by atoms with van der Waals surface area (Å²) in [6.07, 6.45) is 3.25. The summed E-state index contributed by atoms with van der Waals surface area (Å²) >= 11 is 0. The molecule has 0 aliphatic heterocycles. The van der Waals surface area contributed by atoms with Crippen molar-refractivity contribution in [1.29, 1.82) is 0 Å². The molecule has 1 amide bonds. The predicted molar refractivity (Wildman–Crippen MR) is 68.0 cm³/mol. The Morgan fingerprint density at radius 2 is 2.12 bits per heavy atom. The number of nitrogens with one attached hydrogen (secondary N) is 2. The van der Waals surface area contributed by atoms with Gasteiger partial charge in [0.2, 0.25) is 5.91 Å². The molecule has 0 aromatic heterocycles. The van der Waals surface area contributed by atoms with Crippen molar-refractivity contribution in [1.82, 2.24) is 10.6 Å². The van der Waals surface area contributed by atoms with E-state index in [1.165, 1.54) is 0 Å². The van der Waals surface area contributed by atoms with Crippen molar-refractivity contribution in [3.63, 3.8) is 0 Å². The number of nitrogens with zero attached hydrogens (tertiary/aromatic N) is 1. The van der Waals surface area contributed by atoms with Gasteiger partial charge in [0, 0.05) is 13.0 Å². The number of rotatable bonds is 9. The Morgan fingerprint density at radius 1 is 1.41 bits per heavy atom. The molecule has 5 N–H and O–H groups in total. The second-order valence-corrected chi connectivity index (χ2v) is 4.02. The van der Waals surface area contributed by atoms with Crippen LogP contribution in [0.15, 0.2) is 5.16 Å². The average molecular weight is 244 g/mol. The van der Waals surface area contributed by atoms with Crippen molar-refractivity contribution in [3.05, 3.63) is 0 Å². The molecule has 0 spiro atoms. The fourth-order valence-corrected chi connectivity index (χ4v) is 1.29. The molecule has 1 atom stereocenters. The molecule has 0 bridgehead atoms. The number of unbranched alkanes of at least 4 members (excludes halogenated alkanes) is 1. The third kappa shape index (κ3) is 8.50.